The predicted molar refractivity (Wildman–Crippen MR) is 91.2 cm³/mol. The van der Waals surface area contributed by atoms with Gasteiger partial charge in [0.2, 0.25) is 5.91 Å². The quantitative estimate of drug-likeness (QED) is 0.859. The highest BCUT2D eigenvalue weighted by atomic mass is 35.5. The van der Waals surface area contributed by atoms with E-state index >= 15 is 0 Å². The van der Waals surface area contributed by atoms with Crippen molar-refractivity contribution in [2.75, 3.05) is 5.32 Å². The molecule has 1 heterocycles. The number of anilines is 1. The summed E-state index contributed by atoms with van der Waals surface area (Å²) >= 11 is 5.89. The van der Waals surface area contributed by atoms with Gasteiger partial charge in [-0.15, -0.1) is 0 Å². The lowest BCUT2D eigenvalue weighted by molar-refractivity contribution is -0.119. The zero-order chi connectivity index (χ0) is 18.1. The normalized spacial score (nSPS) is 14.0. The Morgan fingerprint density at radius 3 is 2.32 bits per heavy atom. The largest absolute Gasteiger partial charge is 0.323 e. The molecule has 0 radical (unpaired) electrons. The van der Waals surface area contributed by atoms with Gasteiger partial charge in [-0.05, 0) is 37.3 Å². The van der Waals surface area contributed by atoms with E-state index in [1.807, 2.05) is 6.07 Å². The SMILES string of the molecule is C[C@H](C(=O)Nc1cc(Cl)ccc1C#N)N1C(=O)c2ccccc2C1=O. The van der Waals surface area contributed by atoms with Crippen LogP contribution in [0.3, 0.4) is 0 Å². The summed E-state index contributed by atoms with van der Waals surface area (Å²) in [6.45, 7) is 1.45. The van der Waals surface area contributed by atoms with Crippen LogP contribution in [0.1, 0.15) is 33.2 Å². The highest BCUT2D eigenvalue weighted by Gasteiger charge is 2.40. The van der Waals surface area contributed by atoms with Crippen LogP contribution >= 0.6 is 11.6 Å². The van der Waals surface area contributed by atoms with Gasteiger partial charge in [-0.2, -0.15) is 5.26 Å². The molecular weight excluding hydrogens is 342 g/mol. The van der Waals surface area contributed by atoms with Gasteiger partial charge in [0.15, 0.2) is 0 Å². The molecule has 0 unspecified atom stereocenters. The monoisotopic (exact) mass is 353 g/mol. The summed E-state index contributed by atoms with van der Waals surface area (Å²) in [4.78, 5) is 38.3. The molecule has 1 aliphatic heterocycles. The maximum absolute atomic E-state index is 12.5. The van der Waals surface area contributed by atoms with Gasteiger partial charge in [-0.3, -0.25) is 19.3 Å². The molecular formula is C18H12ClN3O3. The van der Waals surface area contributed by atoms with Gasteiger partial charge in [0.25, 0.3) is 11.8 Å². The summed E-state index contributed by atoms with van der Waals surface area (Å²) in [7, 11) is 0. The van der Waals surface area contributed by atoms with Crippen molar-refractivity contribution in [2.24, 2.45) is 0 Å². The number of rotatable bonds is 3. The zero-order valence-corrected chi connectivity index (χ0v) is 13.9. The minimum absolute atomic E-state index is 0.225. The second-order valence-corrected chi connectivity index (χ2v) is 5.93. The van der Waals surface area contributed by atoms with Crippen LogP contribution in [-0.2, 0) is 4.79 Å². The first-order valence-electron chi connectivity index (χ1n) is 7.41. The molecule has 2 aromatic rings. The van der Waals surface area contributed by atoms with Gasteiger partial charge in [-0.1, -0.05) is 23.7 Å². The predicted octanol–water partition coefficient (Wildman–Crippen LogP) is 2.83. The number of hydrogen-bond acceptors (Lipinski definition) is 4. The molecule has 25 heavy (non-hydrogen) atoms. The number of nitrogens with one attached hydrogen (secondary N) is 1. The number of fused-ring (bicyclic) bond motifs is 1. The first kappa shape index (κ1) is 16.7. The number of hydrogen-bond donors (Lipinski definition) is 1. The van der Waals surface area contributed by atoms with E-state index in [1.54, 1.807) is 24.3 Å². The van der Waals surface area contributed by atoms with Crippen LogP contribution < -0.4 is 5.32 Å². The Labute approximate surface area is 148 Å². The van der Waals surface area contributed by atoms with Crippen LogP contribution in [0.25, 0.3) is 0 Å². The van der Waals surface area contributed by atoms with Crippen molar-refractivity contribution in [2.45, 2.75) is 13.0 Å². The number of carbonyl (C=O) groups is 3. The molecule has 124 valence electrons. The second kappa shape index (κ2) is 6.38. The lowest BCUT2D eigenvalue weighted by atomic mass is 10.1. The lowest BCUT2D eigenvalue weighted by Gasteiger charge is -2.22. The Kier molecular flexibility index (Phi) is 4.26. The van der Waals surface area contributed by atoms with Crippen molar-refractivity contribution in [3.8, 4) is 6.07 Å². The smallest absolute Gasteiger partial charge is 0.262 e. The number of benzene rings is 2. The summed E-state index contributed by atoms with van der Waals surface area (Å²) in [5.74, 6) is -1.63. The van der Waals surface area contributed by atoms with Crippen molar-refractivity contribution in [3.63, 3.8) is 0 Å². The molecule has 3 rings (SSSR count). The number of halogens is 1. The topological polar surface area (TPSA) is 90.3 Å². The van der Waals surface area contributed by atoms with Crippen molar-refractivity contribution < 1.29 is 14.4 Å². The highest BCUT2D eigenvalue weighted by molar-refractivity contribution is 6.31. The third-order valence-corrected chi connectivity index (χ3v) is 4.19. The van der Waals surface area contributed by atoms with E-state index in [1.165, 1.54) is 25.1 Å². The summed E-state index contributed by atoms with van der Waals surface area (Å²) in [6.07, 6.45) is 0. The fourth-order valence-corrected chi connectivity index (χ4v) is 2.80. The lowest BCUT2D eigenvalue weighted by Crippen LogP contribution is -2.45. The fourth-order valence-electron chi connectivity index (χ4n) is 2.63. The summed E-state index contributed by atoms with van der Waals surface area (Å²) in [6, 6.07) is 11.8. The van der Waals surface area contributed by atoms with Crippen LogP contribution in [0, 0.1) is 11.3 Å². The second-order valence-electron chi connectivity index (χ2n) is 5.49. The van der Waals surface area contributed by atoms with Gasteiger partial charge in [0, 0.05) is 5.02 Å². The minimum atomic E-state index is -1.04. The molecule has 7 heteroatoms. The van der Waals surface area contributed by atoms with Gasteiger partial charge < -0.3 is 5.32 Å². The van der Waals surface area contributed by atoms with Crippen LogP contribution in [0.2, 0.25) is 5.02 Å². The molecule has 1 aliphatic rings. The maximum Gasteiger partial charge on any atom is 0.262 e. The molecule has 0 bridgehead atoms. The number of amides is 3. The first-order valence-corrected chi connectivity index (χ1v) is 7.79. The zero-order valence-electron chi connectivity index (χ0n) is 13.1. The molecule has 0 spiro atoms. The number of imide groups is 1. The molecule has 2 aromatic carbocycles. The van der Waals surface area contributed by atoms with E-state index in [-0.39, 0.29) is 22.4 Å². The van der Waals surface area contributed by atoms with E-state index in [0.717, 1.165) is 4.90 Å². The van der Waals surface area contributed by atoms with Crippen molar-refractivity contribution in [3.05, 3.63) is 64.2 Å². The van der Waals surface area contributed by atoms with Gasteiger partial charge in [0.1, 0.15) is 12.1 Å². The van der Waals surface area contributed by atoms with E-state index < -0.39 is 23.8 Å². The summed E-state index contributed by atoms with van der Waals surface area (Å²) in [5, 5.41) is 12.0. The van der Waals surface area contributed by atoms with Crippen molar-refractivity contribution >= 4 is 35.0 Å². The Bertz CT molecular complexity index is 914. The van der Waals surface area contributed by atoms with E-state index in [2.05, 4.69) is 5.32 Å². The Morgan fingerprint density at radius 1 is 1.16 bits per heavy atom. The third kappa shape index (κ3) is 2.86. The standard InChI is InChI=1S/C18H12ClN3O3/c1-10(16(23)21-15-8-12(19)7-6-11(15)9-20)22-17(24)13-4-2-3-5-14(13)18(22)25/h2-8,10H,1H3,(H,21,23)/t10-/m1/s1. The fraction of sp³-hybridized carbons (Fsp3) is 0.111. The number of nitriles is 1. The molecule has 1 atom stereocenters. The molecule has 0 fully saturated rings. The van der Waals surface area contributed by atoms with Crippen LogP contribution in [0.4, 0.5) is 5.69 Å². The van der Waals surface area contributed by atoms with Crippen LogP contribution in [0.15, 0.2) is 42.5 Å². The Morgan fingerprint density at radius 2 is 1.76 bits per heavy atom. The molecule has 3 amide bonds. The highest BCUT2D eigenvalue weighted by Crippen LogP contribution is 2.26. The molecule has 0 saturated carbocycles. The van der Waals surface area contributed by atoms with Gasteiger partial charge in [-0.25, -0.2) is 0 Å². The molecule has 0 aliphatic carbocycles. The van der Waals surface area contributed by atoms with Crippen molar-refractivity contribution in [1.82, 2.24) is 4.90 Å². The number of nitrogens with zero attached hydrogens (tertiary/aromatic N) is 2. The molecule has 0 aromatic heterocycles. The van der Waals surface area contributed by atoms with Gasteiger partial charge >= 0.3 is 0 Å². The summed E-state index contributed by atoms with van der Waals surface area (Å²) < 4.78 is 0. The van der Waals surface area contributed by atoms with Crippen LogP contribution in [0.5, 0.6) is 0 Å². The maximum atomic E-state index is 12.5. The van der Waals surface area contributed by atoms with Gasteiger partial charge in [0.05, 0.1) is 22.4 Å². The average molecular weight is 354 g/mol. The minimum Gasteiger partial charge on any atom is -0.323 e. The van der Waals surface area contributed by atoms with Crippen LogP contribution in [-0.4, -0.2) is 28.7 Å². The molecule has 0 saturated heterocycles. The van der Waals surface area contributed by atoms with E-state index in [4.69, 9.17) is 16.9 Å². The number of carbonyl (C=O) groups excluding carboxylic acids is 3. The Hall–Kier alpha value is -3.17. The molecule has 6 nitrogen and oxygen atoms in total. The summed E-state index contributed by atoms with van der Waals surface area (Å²) in [5.41, 5.74) is 0.996. The van der Waals surface area contributed by atoms with E-state index in [0.29, 0.717) is 5.02 Å². The first-order chi connectivity index (χ1) is 11.9. The third-order valence-electron chi connectivity index (χ3n) is 3.95. The van der Waals surface area contributed by atoms with E-state index in [9.17, 15) is 14.4 Å². The van der Waals surface area contributed by atoms with Crippen molar-refractivity contribution in [1.29, 1.82) is 5.26 Å². The Balaban J connectivity index is 1.85. The average Bonchev–Trinajstić information content (AvgIpc) is 2.86. The molecule has 1 N–H and O–H groups in total.